The molecule has 1 aliphatic rings. The van der Waals surface area contributed by atoms with Crippen LogP contribution in [-0.2, 0) is 19.2 Å². The Kier molecular flexibility index (Phi) is 9.83. The van der Waals surface area contributed by atoms with Gasteiger partial charge < -0.3 is 37.2 Å². The van der Waals surface area contributed by atoms with Crippen LogP contribution in [-0.4, -0.2) is 82.7 Å². The third-order valence-electron chi connectivity index (χ3n) is 4.64. The second-order valence-corrected chi connectivity index (χ2v) is 6.91. The average Bonchev–Trinajstić information content (AvgIpc) is 3.13. The Balaban J connectivity index is 2.79. The summed E-state index contributed by atoms with van der Waals surface area (Å²) >= 11 is 0. The molecule has 160 valence electrons. The first kappa shape index (κ1) is 23.8. The predicted octanol–water partition coefficient (Wildman–Crippen LogP) is -2.50. The minimum atomic E-state index is -1.19. The number of nitrogens with zero attached hydrogens (tertiary/aromatic N) is 1. The van der Waals surface area contributed by atoms with Crippen LogP contribution in [0.4, 0.5) is 0 Å². The highest BCUT2D eigenvalue weighted by Gasteiger charge is 2.38. The number of aliphatic carboxylic acids is 1. The summed E-state index contributed by atoms with van der Waals surface area (Å²) in [5.74, 6) is -2.83. The van der Waals surface area contributed by atoms with Crippen molar-refractivity contribution in [2.75, 3.05) is 19.6 Å². The molecule has 0 aliphatic carbocycles. The van der Waals surface area contributed by atoms with Crippen LogP contribution in [0.2, 0.25) is 0 Å². The van der Waals surface area contributed by atoms with Gasteiger partial charge in [0.25, 0.3) is 0 Å². The maximum absolute atomic E-state index is 12.7. The normalized spacial score (nSPS) is 19.6. The van der Waals surface area contributed by atoms with Crippen LogP contribution >= 0.6 is 0 Å². The van der Waals surface area contributed by atoms with Crippen LogP contribution in [0, 0.1) is 0 Å². The summed E-state index contributed by atoms with van der Waals surface area (Å²) in [6.07, 6.45) is 1.47. The van der Waals surface area contributed by atoms with Gasteiger partial charge in [-0.1, -0.05) is 0 Å². The first-order chi connectivity index (χ1) is 13.2. The molecule has 11 nitrogen and oxygen atoms in total. The summed E-state index contributed by atoms with van der Waals surface area (Å²) in [5, 5.41) is 23.1. The molecular weight excluding hydrogens is 370 g/mol. The molecule has 4 atom stereocenters. The molecule has 0 aromatic carbocycles. The van der Waals surface area contributed by atoms with Gasteiger partial charge >= 0.3 is 5.97 Å². The number of unbranched alkanes of at least 4 members (excludes halogenated alkanes) is 1. The second-order valence-electron chi connectivity index (χ2n) is 6.91. The van der Waals surface area contributed by atoms with E-state index in [1.807, 2.05) is 0 Å². The fourth-order valence-corrected chi connectivity index (χ4v) is 3.02. The SMILES string of the molecule is CC(O)C(N)C(=O)N1CCCC1C(=O)NC(CCCCN)C(=O)NCC(=O)O. The Morgan fingerprint density at radius 1 is 1.25 bits per heavy atom. The highest BCUT2D eigenvalue weighted by Crippen LogP contribution is 2.19. The molecule has 1 saturated heterocycles. The Morgan fingerprint density at radius 3 is 2.50 bits per heavy atom. The molecule has 1 rings (SSSR count). The fourth-order valence-electron chi connectivity index (χ4n) is 3.02. The lowest BCUT2D eigenvalue weighted by atomic mass is 10.1. The maximum Gasteiger partial charge on any atom is 0.322 e. The third-order valence-corrected chi connectivity index (χ3v) is 4.64. The van der Waals surface area contributed by atoms with Crippen LogP contribution in [0.3, 0.4) is 0 Å². The highest BCUT2D eigenvalue weighted by molar-refractivity contribution is 5.94. The summed E-state index contributed by atoms with van der Waals surface area (Å²) < 4.78 is 0. The number of hydrogen-bond donors (Lipinski definition) is 6. The molecule has 1 aliphatic heterocycles. The number of carbonyl (C=O) groups excluding carboxylic acids is 3. The van der Waals surface area contributed by atoms with Crippen LogP contribution in [0.1, 0.15) is 39.0 Å². The molecule has 1 heterocycles. The monoisotopic (exact) mass is 401 g/mol. The Bertz CT molecular complexity index is 570. The number of amides is 3. The molecule has 28 heavy (non-hydrogen) atoms. The van der Waals surface area contributed by atoms with Crippen molar-refractivity contribution in [3.63, 3.8) is 0 Å². The summed E-state index contributed by atoms with van der Waals surface area (Å²) in [6.45, 7) is 1.60. The van der Waals surface area contributed by atoms with Crippen molar-refractivity contribution in [1.82, 2.24) is 15.5 Å². The van der Waals surface area contributed by atoms with Crippen molar-refractivity contribution in [3.05, 3.63) is 0 Å². The van der Waals surface area contributed by atoms with Gasteiger partial charge in [0.2, 0.25) is 17.7 Å². The largest absolute Gasteiger partial charge is 0.480 e. The molecule has 0 aromatic rings. The molecule has 0 aromatic heterocycles. The molecular formula is C17H31N5O6. The average molecular weight is 401 g/mol. The quantitative estimate of drug-likeness (QED) is 0.205. The van der Waals surface area contributed by atoms with Gasteiger partial charge in [-0.2, -0.15) is 0 Å². The van der Waals surface area contributed by atoms with Gasteiger partial charge in [0.15, 0.2) is 0 Å². The number of likely N-dealkylation sites (tertiary alicyclic amines) is 1. The lowest BCUT2D eigenvalue weighted by Gasteiger charge is -2.29. The number of rotatable bonds is 11. The lowest BCUT2D eigenvalue weighted by molar-refractivity contribution is -0.142. The molecule has 3 amide bonds. The van der Waals surface area contributed by atoms with Crippen molar-refractivity contribution in [2.24, 2.45) is 11.5 Å². The molecule has 0 radical (unpaired) electrons. The number of aliphatic hydroxyl groups is 1. The predicted molar refractivity (Wildman–Crippen MR) is 99.9 cm³/mol. The molecule has 4 unspecified atom stereocenters. The Morgan fingerprint density at radius 2 is 1.93 bits per heavy atom. The standard InChI is InChI=1S/C17H31N5O6/c1-10(23)14(19)17(28)22-8-4-6-12(22)16(27)21-11(5-2-3-7-18)15(26)20-9-13(24)25/h10-12,14,23H,2-9,18-19H2,1H3,(H,20,26)(H,21,27)(H,24,25). The van der Waals surface area contributed by atoms with Crippen molar-refractivity contribution < 1.29 is 29.4 Å². The van der Waals surface area contributed by atoms with Crippen LogP contribution < -0.4 is 22.1 Å². The van der Waals surface area contributed by atoms with E-state index in [1.165, 1.54) is 11.8 Å². The van der Waals surface area contributed by atoms with Gasteiger partial charge in [0, 0.05) is 6.54 Å². The number of nitrogens with one attached hydrogen (secondary N) is 2. The van der Waals surface area contributed by atoms with Crippen molar-refractivity contribution in [2.45, 2.75) is 63.3 Å². The number of aliphatic hydroxyl groups excluding tert-OH is 1. The van der Waals surface area contributed by atoms with Gasteiger partial charge in [-0.15, -0.1) is 0 Å². The number of carboxylic acids is 1. The maximum atomic E-state index is 12.7. The van der Waals surface area contributed by atoms with Gasteiger partial charge in [0.05, 0.1) is 6.10 Å². The molecule has 0 spiro atoms. The van der Waals surface area contributed by atoms with Crippen LogP contribution in [0.15, 0.2) is 0 Å². The minimum Gasteiger partial charge on any atom is -0.480 e. The number of carboxylic acid groups (broad SMARTS) is 1. The number of nitrogens with two attached hydrogens (primary N) is 2. The molecule has 11 heteroatoms. The topological polar surface area (TPSA) is 188 Å². The van der Waals surface area contributed by atoms with Crippen LogP contribution in [0.5, 0.6) is 0 Å². The van der Waals surface area contributed by atoms with E-state index in [4.69, 9.17) is 16.6 Å². The van der Waals surface area contributed by atoms with Gasteiger partial charge in [-0.05, 0) is 45.6 Å². The fraction of sp³-hybridized carbons (Fsp3) is 0.765. The summed E-state index contributed by atoms with van der Waals surface area (Å²) in [6, 6.07) is -2.85. The van der Waals surface area contributed by atoms with Crippen molar-refractivity contribution in [3.8, 4) is 0 Å². The zero-order valence-corrected chi connectivity index (χ0v) is 16.1. The second kappa shape index (κ2) is 11.6. The first-order valence-electron chi connectivity index (χ1n) is 9.43. The molecule has 0 bridgehead atoms. The van der Waals surface area contributed by atoms with Gasteiger partial charge in [0.1, 0.15) is 24.7 Å². The van der Waals surface area contributed by atoms with E-state index >= 15 is 0 Å². The zero-order chi connectivity index (χ0) is 21.3. The zero-order valence-electron chi connectivity index (χ0n) is 16.1. The molecule has 0 saturated carbocycles. The smallest absolute Gasteiger partial charge is 0.322 e. The Labute approximate surface area is 163 Å². The Hall–Kier alpha value is -2.24. The van der Waals surface area contributed by atoms with Gasteiger partial charge in [-0.25, -0.2) is 0 Å². The molecule has 8 N–H and O–H groups in total. The molecule has 1 fully saturated rings. The summed E-state index contributed by atoms with van der Waals surface area (Å²) in [5.41, 5.74) is 11.1. The van der Waals surface area contributed by atoms with Crippen LogP contribution in [0.25, 0.3) is 0 Å². The summed E-state index contributed by atoms with van der Waals surface area (Å²) in [7, 11) is 0. The van der Waals surface area contributed by atoms with Crippen molar-refractivity contribution in [1.29, 1.82) is 0 Å². The van der Waals surface area contributed by atoms with E-state index in [-0.39, 0.29) is 0 Å². The lowest BCUT2D eigenvalue weighted by Crippen LogP contribution is -2.56. The first-order valence-corrected chi connectivity index (χ1v) is 9.43. The summed E-state index contributed by atoms with van der Waals surface area (Å²) in [4.78, 5) is 49.4. The van der Waals surface area contributed by atoms with Gasteiger partial charge in [-0.3, -0.25) is 19.2 Å². The number of carbonyl (C=O) groups is 4. The number of hydrogen-bond acceptors (Lipinski definition) is 7. The van der Waals surface area contributed by atoms with E-state index in [9.17, 15) is 24.3 Å². The van der Waals surface area contributed by atoms with E-state index in [0.29, 0.717) is 45.2 Å². The van der Waals surface area contributed by atoms with E-state index in [2.05, 4.69) is 10.6 Å². The highest BCUT2D eigenvalue weighted by atomic mass is 16.4. The van der Waals surface area contributed by atoms with Crippen molar-refractivity contribution >= 4 is 23.7 Å². The third kappa shape index (κ3) is 7.06. The van der Waals surface area contributed by atoms with E-state index in [1.54, 1.807) is 0 Å². The van der Waals surface area contributed by atoms with E-state index in [0.717, 1.165) is 0 Å². The van der Waals surface area contributed by atoms with E-state index < -0.39 is 54.5 Å². The minimum absolute atomic E-state index is 0.294.